The zero-order chi connectivity index (χ0) is 15.6. The number of hydrogen-bond acceptors (Lipinski definition) is 2. The highest BCUT2D eigenvalue weighted by atomic mass is 19.2. The van der Waals surface area contributed by atoms with E-state index >= 15 is 0 Å². The molecule has 4 nitrogen and oxygen atoms in total. The first-order valence-corrected chi connectivity index (χ1v) is 5.99. The third kappa shape index (κ3) is 3.22. The van der Waals surface area contributed by atoms with E-state index < -0.39 is 23.5 Å². The molecule has 0 bridgehead atoms. The fourth-order valence-corrected chi connectivity index (χ4v) is 1.72. The monoisotopic (exact) mass is 291 g/mol. The molecule has 2 aromatic rings. The van der Waals surface area contributed by atoms with Crippen molar-refractivity contribution in [3.8, 4) is 0 Å². The van der Waals surface area contributed by atoms with Crippen LogP contribution in [-0.4, -0.2) is 17.0 Å². The topological polar surface area (TPSA) is 66.4 Å². The molecule has 0 aliphatic rings. The Morgan fingerprint density at radius 3 is 2.29 bits per heavy atom. The van der Waals surface area contributed by atoms with Gasteiger partial charge in [0.25, 0.3) is 5.91 Å². The lowest BCUT2D eigenvalue weighted by atomic mass is 10.1. The number of nitrogens with one attached hydrogen (secondary N) is 1. The van der Waals surface area contributed by atoms with Crippen LogP contribution < -0.4 is 5.32 Å². The summed E-state index contributed by atoms with van der Waals surface area (Å²) < 4.78 is 25.9. The molecule has 0 unspecified atom stereocenters. The summed E-state index contributed by atoms with van der Waals surface area (Å²) in [7, 11) is 0. The second-order valence-electron chi connectivity index (χ2n) is 4.42. The minimum Gasteiger partial charge on any atom is -0.478 e. The highest BCUT2D eigenvalue weighted by Gasteiger charge is 2.12. The molecule has 0 aliphatic heterocycles. The highest BCUT2D eigenvalue weighted by Crippen LogP contribution is 2.18. The van der Waals surface area contributed by atoms with Crippen LogP contribution in [0.5, 0.6) is 0 Å². The number of halogens is 2. The maximum atomic E-state index is 13.1. The average molecular weight is 291 g/mol. The SMILES string of the molecule is Cc1ccc(C(=O)O)cc1NC(=O)c1ccc(F)c(F)c1. The quantitative estimate of drug-likeness (QED) is 0.912. The maximum absolute atomic E-state index is 13.1. The number of benzene rings is 2. The first-order valence-electron chi connectivity index (χ1n) is 5.99. The van der Waals surface area contributed by atoms with Crippen molar-refractivity contribution < 1.29 is 23.5 Å². The molecule has 2 N–H and O–H groups in total. The molecule has 0 saturated carbocycles. The van der Waals surface area contributed by atoms with Crippen LogP contribution in [0.25, 0.3) is 0 Å². The zero-order valence-corrected chi connectivity index (χ0v) is 11.0. The van der Waals surface area contributed by atoms with Gasteiger partial charge in [0.2, 0.25) is 0 Å². The summed E-state index contributed by atoms with van der Waals surface area (Å²) in [4.78, 5) is 22.9. The summed E-state index contributed by atoms with van der Waals surface area (Å²) in [6.45, 7) is 1.69. The lowest BCUT2D eigenvalue weighted by molar-refractivity contribution is 0.0696. The summed E-state index contributed by atoms with van der Waals surface area (Å²) in [5.41, 5.74) is 0.899. The Labute approximate surface area is 119 Å². The molecular weight excluding hydrogens is 280 g/mol. The number of carboxylic acids is 1. The molecule has 6 heteroatoms. The lowest BCUT2D eigenvalue weighted by Gasteiger charge is -2.09. The Kier molecular flexibility index (Phi) is 3.98. The Bertz CT molecular complexity index is 729. The van der Waals surface area contributed by atoms with Gasteiger partial charge in [-0.05, 0) is 42.8 Å². The predicted octanol–water partition coefficient (Wildman–Crippen LogP) is 3.22. The average Bonchev–Trinajstić information content (AvgIpc) is 2.43. The van der Waals surface area contributed by atoms with E-state index in [0.29, 0.717) is 11.3 Å². The Morgan fingerprint density at radius 1 is 1.00 bits per heavy atom. The summed E-state index contributed by atoms with van der Waals surface area (Å²) in [5.74, 6) is -3.95. The van der Waals surface area contributed by atoms with Crippen LogP contribution >= 0.6 is 0 Å². The van der Waals surface area contributed by atoms with E-state index in [1.54, 1.807) is 13.0 Å². The number of carbonyl (C=O) groups excluding carboxylic acids is 1. The van der Waals surface area contributed by atoms with E-state index in [0.717, 1.165) is 18.2 Å². The number of carboxylic acid groups (broad SMARTS) is 1. The van der Waals surface area contributed by atoms with Gasteiger partial charge in [0.1, 0.15) is 0 Å². The molecule has 108 valence electrons. The standard InChI is InChI=1S/C15H11F2NO3/c1-8-2-3-10(15(20)21)7-13(8)18-14(19)9-4-5-11(16)12(17)6-9/h2-7H,1H3,(H,18,19)(H,20,21). The highest BCUT2D eigenvalue weighted by molar-refractivity contribution is 6.05. The Hall–Kier alpha value is -2.76. The summed E-state index contributed by atoms with van der Waals surface area (Å²) >= 11 is 0. The van der Waals surface area contributed by atoms with E-state index in [-0.39, 0.29) is 11.1 Å². The van der Waals surface area contributed by atoms with Gasteiger partial charge in [0.05, 0.1) is 5.56 Å². The van der Waals surface area contributed by atoms with Gasteiger partial charge in [0.15, 0.2) is 11.6 Å². The molecule has 0 spiro atoms. The molecule has 0 heterocycles. The molecule has 0 saturated heterocycles. The smallest absolute Gasteiger partial charge is 0.335 e. The molecule has 0 radical (unpaired) electrons. The summed E-state index contributed by atoms with van der Waals surface area (Å²) in [6, 6.07) is 7.03. The third-order valence-electron chi connectivity index (χ3n) is 2.91. The normalized spacial score (nSPS) is 10.2. The van der Waals surface area contributed by atoms with Gasteiger partial charge in [-0.1, -0.05) is 6.07 Å². The number of amides is 1. The third-order valence-corrected chi connectivity index (χ3v) is 2.91. The first kappa shape index (κ1) is 14.6. The van der Waals surface area contributed by atoms with E-state index in [9.17, 15) is 18.4 Å². The number of carbonyl (C=O) groups is 2. The van der Waals surface area contributed by atoms with Crippen LogP contribution in [0, 0.1) is 18.6 Å². The van der Waals surface area contributed by atoms with Gasteiger partial charge in [-0.2, -0.15) is 0 Å². The van der Waals surface area contributed by atoms with Crippen molar-refractivity contribution >= 4 is 17.6 Å². The second-order valence-corrected chi connectivity index (χ2v) is 4.42. The van der Waals surface area contributed by atoms with Crippen LogP contribution in [-0.2, 0) is 0 Å². The van der Waals surface area contributed by atoms with Gasteiger partial charge >= 0.3 is 5.97 Å². The largest absolute Gasteiger partial charge is 0.478 e. The molecule has 0 fully saturated rings. The van der Waals surface area contributed by atoms with Crippen molar-refractivity contribution in [2.45, 2.75) is 6.92 Å². The van der Waals surface area contributed by atoms with Gasteiger partial charge in [-0.3, -0.25) is 4.79 Å². The molecule has 1 amide bonds. The van der Waals surface area contributed by atoms with Crippen LogP contribution in [0.2, 0.25) is 0 Å². The van der Waals surface area contributed by atoms with Crippen LogP contribution in [0.4, 0.5) is 14.5 Å². The van der Waals surface area contributed by atoms with Gasteiger partial charge in [-0.25, -0.2) is 13.6 Å². The van der Waals surface area contributed by atoms with E-state index in [2.05, 4.69) is 5.32 Å². The van der Waals surface area contributed by atoms with Crippen LogP contribution in [0.15, 0.2) is 36.4 Å². The minimum absolute atomic E-state index is 0.0150. The minimum atomic E-state index is -1.13. The second kappa shape index (κ2) is 5.70. The van der Waals surface area contributed by atoms with Crippen molar-refractivity contribution in [2.24, 2.45) is 0 Å². The van der Waals surface area contributed by atoms with Crippen molar-refractivity contribution in [2.75, 3.05) is 5.32 Å². The zero-order valence-electron chi connectivity index (χ0n) is 11.0. The van der Waals surface area contributed by atoms with Crippen LogP contribution in [0.3, 0.4) is 0 Å². The van der Waals surface area contributed by atoms with Crippen LogP contribution in [0.1, 0.15) is 26.3 Å². The number of rotatable bonds is 3. The Morgan fingerprint density at radius 2 is 1.67 bits per heavy atom. The molecule has 2 rings (SSSR count). The molecule has 0 aliphatic carbocycles. The Balaban J connectivity index is 2.28. The van der Waals surface area contributed by atoms with Gasteiger partial charge in [-0.15, -0.1) is 0 Å². The predicted molar refractivity (Wildman–Crippen MR) is 72.4 cm³/mol. The summed E-state index contributed by atoms with van der Waals surface area (Å²) in [5, 5.41) is 11.4. The number of anilines is 1. The van der Waals surface area contributed by atoms with E-state index in [4.69, 9.17) is 5.11 Å². The number of aryl methyl sites for hydroxylation is 1. The fraction of sp³-hybridized carbons (Fsp3) is 0.0667. The van der Waals surface area contributed by atoms with Crippen molar-refractivity contribution in [1.29, 1.82) is 0 Å². The van der Waals surface area contributed by atoms with Crippen molar-refractivity contribution in [3.63, 3.8) is 0 Å². The summed E-state index contributed by atoms with van der Waals surface area (Å²) in [6.07, 6.45) is 0. The molecule has 21 heavy (non-hydrogen) atoms. The molecule has 0 aromatic heterocycles. The van der Waals surface area contributed by atoms with E-state index in [1.165, 1.54) is 12.1 Å². The fourth-order valence-electron chi connectivity index (χ4n) is 1.72. The van der Waals surface area contributed by atoms with E-state index in [1.807, 2.05) is 0 Å². The van der Waals surface area contributed by atoms with Gasteiger partial charge in [0, 0.05) is 11.3 Å². The molecule has 0 atom stereocenters. The number of hydrogen-bond donors (Lipinski definition) is 2. The van der Waals surface area contributed by atoms with Gasteiger partial charge < -0.3 is 10.4 Å². The van der Waals surface area contributed by atoms with Crippen molar-refractivity contribution in [3.05, 3.63) is 64.7 Å². The molecular formula is C15H11F2NO3. The number of aromatic carboxylic acids is 1. The lowest BCUT2D eigenvalue weighted by Crippen LogP contribution is -2.14. The maximum Gasteiger partial charge on any atom is 0.335 e. The van der Waals surface area contributed by atoms with Crippen molar-refractivity contribution in [1.82, 2.24) is 0 Å². The first-order chi connectivity index (χ1) is 9.88. The molecule has 2 aromatic carbocycles.